The van der Waals surface area contributed by atoms with E-state index < -0.39 is 5.97 Å². The number of pyridine rings is 1. The van der Waals surface area contributed by atoms with Gasteiger partial charge in [-0.2, -0.15) is 0 Å². The molecule has 4 heterocycles. The summed E-state index contributed by atoms with van der Waals surface area (Å²) in [5.41, 5.74) is 2.85. The number of fused-ring (bicyclic) bond motifs is 1. The zero-order valence-corrected chi connectivity index (χ0v) is 17.5. The summed E-state index contributed by atoms with van der Waals surface area (Å²) in [5.74, 6) is 0.348. The number of carbonyl (C=O) groups is 1. The van der Waals surface area contributed by atoms with Gasteiger partial charge in [-0.25, -0.2) is 9.78 Å². The van der Waals surface area contributed by atoms with E-state index in [1.807, 2.05) is 30.5 Å². The predicted octanol–water partition coefficient (Wildman–Crippen LogP) is 3.87. The van der Waals surface area contributed by atoms with Crippen LogP contribution in [0.3, 0.4) is 0 Å². The monoisotopic (exact) mass is 455 g/mol. The smallest absolute Gasteiger partial charge is 0.340 e. The van der Waals surface area contributed by atoms with E-state index in [0.717, 1.165) is 21.6 Å². The molecular weight excluding hydrogens is 438 g/mol. The van der Waals surface area contributed by atoms with Crippen molar-refractivity contribution in [3.63, 3.8) is 0 Å². The first-order chi connectivity index (χ1) is 13.9. The molecule has 0 N–H and O–H groups in total. The molecule has 0 saturated carbocycles. The molecule has 0 aromatic carbocycles. The average Bonchev–Trinajstić information content (AvgIpc) is 3.30. The average molecular weight is 456 g/mol. The van der Waals surface area contributed by atoms with E-state index in [1.165, 1.54) is 10.5 Å². The van der Waals surface area contributed by atoms with Crippen molar-refractivity contribution in [3.05, 3.63) is 92.1 Å². The molecule has 8 heteroatoms. The second kappa shape index (κ2) is 7.71. The van der Waals surface area contributed by atoms with Gasteiger partial charge in [-0.1, -0.05) is 0 Å². The van der Waals surface area contributed by atoms with Crippen molar-refractivity contribution in [3.8, 4) is 0 Å². The van der Waals surface area contributed by atoms with Gasteiger partial charge < -0.3 is 13.7 Å². The first-order valence-corrected chi connectivity index (χ1v) is 9.76. The van der Waals surface area contributed by atoms with Crippen molar-refractivity contribution in [2.75, 3.05) is 0 Å². The lowest BCUT2D eigenvalue weighted by molar-refractivity contribution is 0.0466. The van der Waals surface area contributed by atoms with Crippen molar-refractivity contribution < 1.29 is 13.9 Å². The molecule has 29 heavy (non-hydrogen) atoms. The maximum absolute atomic E-state index is 12.6. The van der Waals surface area contributed by atoms with E-state index in [2.05, 4.69) is 20.9 Å². The zero-order chi connectivity index (χ0) is 20.5. The Balaban J connectivity index is 1.52. The van der Waals surface area contributed by atoms with Gasteiger partial charge in [0.25, 0.3) is 5.56 Å². The highest BCUT2D eigenvalue weighted by Crippen LogP contribution is 2.19. The van der Waals surface area contributed by atoms with Crippen LogP contribution in [-0.4, -0.2) is 19.9 Å². The summed E-state index contributed by atoms with van der Waals surface area (Å²) in [7, 11) is 0. The minimum atomic E-state index is -0.457. The molecule has 0 radical (unpaired) electrons. The summed E-state index contributed by atoms with van der Waals surface area (Å²) in [6.07, 6.45) is 3.27. The van der Waals surface area contributed by atoms with E-state index in [0.29, 0.717) is 23.4 Å². The maximum Gasteiger partial charge on any atom is 0.340 e. The van der Waals surface area contributed by atoms with Gasteiger partial charge >= 0.3 is 5.97 Å². The first-order valence-electron chi connectivity index (χ1n) is 8.96. The van der Waals surface area contributed by atoms with Crippen LogP contribution in [0.25, 0.3) is 5.65 Å². The Hall–Kier alpha value is -3.13. The van der Waals surface area contributed by atoms with Gasteiger partial charge in [0.1, 0.15) is 18.0 Å². The van der Waals surface area contributed by atoms with Crippen molar-refractivity contribution in [1.82, 2.24) is 14.0 Å². The largest absolute Gasteiger partial charge is 0.467 e. The van der Waals surface area contributed by atoms with Gasteiger partial charge in [0.05, 0.1) is 24.1 Å². The van der Waals surface area contributed by atoms with Crippen molar-refractivity contribution in [1.29, 1.82) is 0 Å². The molecule has 4 rings (SSSR count). The summed E-state index contributed by atoms with van der Waals surface area (Å²) < 4.78 is 15.0. The summed E-state index contributed by atoms with van der Waals surface area (Å²) in [5, 5.41) is 0. The number of aromatic nitrogens is 3. The number of halogens is 1. The summed E-state index contributed by atoms with van der Waals surface area (Å²) in [6.45, 7) is 4.25. The SMILES string of the molecule is Cc1cc(C(=O)OCc2cc(=O)n3cc(Br)ccc3n2)c(C)n1Cc1ccco1. The number of furan rings is 1. The van der Waals surface area contributed by atoms with E-state index in [-0.39, 0.29) is 12.2 Å². The van der Waals surface area contributed by atoms with Crippen LogP contribution in [0.5, 0.6) is 0 Å². The molecule has 0 aliphatic carbocycles. The van der Waals surface area contributed by atoms with Gasteiger partial charge in [-0.05, 0) is 60.1 Å². The quantitative estimate of drug-likeness (QED) is 0.426. The molecule has 4 aromatic heterocycles. The second-order valence-corrected chi connectivity index (χ2v) is 7.60. The zero-order valence-electron chi connectivity index (χ0n) is 15.9. The topological polar surface area (TPSA) is 78.7 Å². The van der Waals surface area contributed by atoms with E-state index in [9.17, 15) is 9.59 Å². The fourth-order valence-corrected chi connectivity index (χ4v) is 3.56. The highest BCUT2D eigenvalue weighted by Gasteiger charge is 2.18. The van der Waals surface area contributed by atoms with Crippen LogP contribution in [0.1, 0.15) is 33.2 Å². The fourth-order valence-electron chi connectivity index (χ4n) is 3.23. The van der Waals surface area contributed by atoms with Gasteiger partial charge in [-0.3, -0.25) is 9.20 Å². The van der Waals surface area contributed by atoms with Crippen molar-refractivity contribution in [2.45, 2.75) is 27.0 Å². The Morgan fingerprint density at radius 2 is 2.07 bits per heavy atom. The van der Waals surface area contributed by atoms with Crippen LogP contribution in [0.4, 0.5) is 0 Å². The third-order valence-corrected chi connectivity index (χ3v) is 5.18. The van der Waals surface area contributed by atoms with Crippen LogP contribution >= 0.6 is 15.9 Å². The predicted molar refractivity (Wildman–Crippen MR) is 110 cm³/mol. The van der Waals surface area contributed by atoms with Crippen LogP contribution in [0, 0.1) is 13.8 Å². The molecule has 0 spiro atoms. The molecule has 7 nitrogen and oxygen atoms in total. The number of nitrogens with zero attached hydrogens (tertiary/aromatic N) is 3. The highest BCUT2D eigenvalue weighted by atomic mass is 79.9. The van der Waals surface area contributed by atoms with Crippen LogP contribution in [0.15, 0.2) is 62.5 Å². The molecule has 0 aliphatic rings. The molecule has 0 unspecified atom stereocenters. The fraction of sp³-hybridized carbons (Fsp3) is 0.190. The Labute approximate surface area is 174 Å². The highest BCUT2D eigenvalue weighted by molar-refractivity contribution is 9.10. The molecule has 0 bridgehead atoms. The number of esters is 1. The lowest BCUT2D eigenvalue weighted by Crippen LogP contribution is -2.16. The van der Waals surface area contributed by atoms with Crippen molar-refractivity contribution >= 4 is 27.5 Å². The number of hydrogen-bond donors (Lipinski definition) is 0. The molecule has 0 fully saturated rings. The summed E-state index contributed by atoms with van der Waals surface area (Å²) >= 11 is 3.33. The summed E-state index contributed by atoms with van der Waals surface area (Å²) in [4.78, 5) is 29.3. The summed E-state index contributed by atoms with van der Waals surface area (Å²) in [6, 6.07) is 10.4. The Bertz CT molecular complexity index is 1260. The van der Waals surface area contributed by atoms with Crippen LogP contribution in [0.2, 0.25) is 0 Å². The molecular formula is C21H18BrN3O4. The third-order valence-electron chi connectivity index (χ3n) is 4.72. The number of rotatable bonds is 5. The van der Waals surface area contributed by atoms with E-state index >= 15 is 0 Å². The standard InChI is InChI=1S/C21H18BrN3O4/c1-13-8-18(14(2)24(13)11-17-4-3-7-28-17)21(27)29-12-16-9-20(26)25-10-15(22)5-6-19(25)23-16/h3-10H,11-12H2,1-2H3. The Morgan fingerprint density at radius 1 is 1.24 bits per heavy atom. The second-order valence-electron chi connectivity index (χ2n) is 6.69. The Kier molecular flexibility index (Phi) is 5.10. The Morgan fingerprint density at radius 3 is 2.83 bits per heavy atom. The normalized spacial score (nSPS) is 11.1. The van der Waals surface area contributed by atoms with Crippen LogP contribution in [-0.2, 0) is 17.9 Å². The van der Waals surface area contributed by atoms with Gasteiger partial charge in [0.15, 0.2) is 0 Å². The third kappa shape index (κ3) is 3.88. The van der Waals surface area contributed by atoms with Gasteiger partial charge in [0.2, 0.25) is 0 Å². The molecule has 0 atom stereocenters. The molecule has 0 saturated heterocycles. The minimum Gasteiger partial charge on any atom is -0.467 e. The lowest BCUT2D eigenvalue weighted by Gasteiger charge is -2.08. The number of carbonyl (C=O) groups excluding carboxylic acids is 1. The molecule has 0 amide bonds. The lowest BCUT2D eigenvalue weighted by atomic mass is 10.2. The number of ether oxygens (including phenoxy) is 1. The number of aryl methyl sites for hydroxylation is 1. The minimum absolute atomic E-state index is 0.0809. The van der Waals surface area contributed by atoms with Gasteiger partial charge in [0, 0.05) is 28.1 Å². The van der Waals surface area contributed by atoms with Crippen molar-refractivity contribution in [2.24, 2.45) is 0 Å². The number of hydrogen-bond acceptors (Lipinski definition) is 5. The maximum atomic E-state index is 12.6. The molecule has 0 aliphatic heterocycles. The first kappa shape index (κ1) is 19.2. The molecule has 4 aromatic rings. The van der Waals surface area contributed by atoms with Crippen LogP contribution < -0.4 is 5.56 Å². The van der Waals surface area contributed by atoms with E-state index in [1.54, 1.807) is 30.7 Å². The molecule has 148 valence electrons. The van der Waals surface area contributed by atoms with Gasteiger partial charge in [-0.15, -0.1) is 0 Å². The van der Waals surface area contributed by atoms with E-state index in [4.69, 9.17) is 9.15 Å².